The molecule has 0 fully saturated rings. The van der Waals surface area contributed by atoms with Crippen molar-refractivity contribution >= 4 is 22.4 Å². The van der Waals surface area contributed by atoms with Gasteiger partial charge in [-0.2, -0.15) is 5.26 Å². The summed E-state index contributed by atoms with van der Waals surface area (Å²) in [6, 6.07) is 24.3. The van der Waals surface area contributed by atoms with Crippen LogP contribution >= 0.6 is 0 Å². The van der Waals surface area contributed by atoms with Gasteiger partial charge in [0.25, 0.3) is 5.91 Å². The molecule has 0 saturated heterocycles. The van der Waals surface area contributed by atoms with E-state index in [1.807, 2.05) is 41.7 Å². The van der Waals surface area contributed by atoms with E-state index in [4.69, 9.17) is 5.26 Å². The number of quaternary nitrogens is 1. The number of anilines is 1. The van der Waals surface area contributed by atoms with Crippen LogP contribution in [0, 0.1) is 11.3 Å². The van der Waals surface area contributed by atoms with Crippen LogP contribution in [-0.2, 0) is 11.2 Å². The van der Waals surface area contributed by atoms with E-state index in [0.29, 0.717) is 13.0 Å². The molecule has 3 aromatic carbocycles. The highest BCUT2D eigenvalue weighted by Crippen LogP contribution is 2.22. The van der Waals surface area contributed by atoms with Crippen molar-refractivity contribution in [2.24, 2.45) is 0 Å². The summed E-state index contributed by atoms with van der Waals surface area (Å²) < 4.78 is 0. The minimum atomic E-state index is -0.0369. The number of hydrogen-bond donors (Lipinski definition) is 2. The molecule has 0 bridgehead atoms. The number of nitrogens with one attached hydrogen (secondary N) is 1. The normalized spacial score (nSPS) is 11.7. The fourth-order valence-electron chi connectivity index (χ4n) is 3.07. The van der Waals surface area contributed by atoms with E-state index >= 15 is 0 Å². The van der Waals surface area contributed by atoms with Gasteiger partial charge >= 0.3 is 0 Å². The average Bonchev–Trinajstić information content (AvgIpc) is 2.67. The first-order valence-electron chi connectivity index (χ1n) is 8.74. The number of benzene rings is 3. The Hall–Kier alpha value is -3.16. The zero-order chi connectivity index (χ0) is 18.4. The molecule has 3 N–H and O–H groups in total. The number of nitrogens with two attached hydrogens (primary N) is 1. The molecule has 3 aromatic rings. The lowest BCUT2D eigenvalue weighted by Gasteiger charge is -2.14. The second-order valence-corrected chi connectivity index (χ2v) is 6.38. The minimum absolute atomic E-state index is 0.0369. The summed E-state index contributed by atoms with van der Waals surface area (Å²) in [6.07, 6.45) is 0.380. The second-order valence-electron chi connectivity index (χ2n) is 6.38. The molecular weight excluding hydrogens is 322 g/mol. The lowest BCUT2D eigenvalue weighted by Crippen LogP contribution is -2.86. The Morgan fingerprint density at radius 1 is 1.08 bits per heavy atom. The molecule has 0 saturated carbocycles. The van der Waals surface area contributed by atoms with Crippen molar-refractivity contribution in [2.45, 2.75) is 19.4 Å². The van der Waals surface area contributed by atoms with Crippen LogP contribution in [0.1, 0.15) is 24.1 Å². The van der Waals surface area contributed by atoms with Crippen LogP contribution in [0.5, 0.6) is 0 Å². The Balaban J connectivity index is 1.59. The predicted molar refractivity (Wildman–Crippen MR) is 104 cm³/mol. The zero-order valence-corrected chi connectivity index (χ0v) is 14.8. The van der Waals surface area contributed by atoms with E-state index < -0.39 is 0 Å². The quantitative estimate of drug-likeness (QED) is 0.721. The molecule has 0 aliphatic rings. The molecule has 0 unspecified atom stereocenters. The zero-order valence-electron chi connectivity index (χ0n) is 14.8. The number of fused-ring (bicyclic) bond motifs is 1. The molecule has 130 valence electrons. The predicted octanol–water partition coefficient (Wildman–Crippen LogP) is 3.17. The molecule has 0 aliphatic carbocycles. The second kappa shape index (κ2) is 8.28. The largest absolute Gasteiger partial charge is 0.332 e. The standard InChI is InChI=1S/C22H21N3O/c1-16(20-8-4-6-18-5-2-3-7-21(18)20)24-15-22(26)25-19-11-9-17(10-12-19)13-14-23/h2-12,16,24H,13,15H2,1H3,(H,25,26)/p+1/t16-/m1/s1. The maximum Gasteiger partial charge on any atom is 0.279 e. The Morgan fingerprint density at radius 3 is 2.58 bits per heavy atom. The van der Waals surface area contributed by atoms with Crippen LogP contribution in [0.4, 0.5) is 5.69 Å². The number of nitriles is 1. The van der Waals surface area contributed by atoms with Crippen molar-refractivity contribution in [2.75, 3.05) is 11.9 Å². The number of nitrogens with zero attached hydrogens (tertiary/aromatic N) is 1. The highest BCUT2D eigenvalue weighted by atomic mass is 16.1. The Bertz CT molecular complexity index is 936. The van der Waals surface area contributed by atoms with Crippen LogP contribution < -0.4 is 10.6 Å². The molecule has 4 nitrogen and oxygen atoms in total. The van der Waals surface area contributed by atoms with Gasteiger partial charge < -0.3 is 10.6 Å². The van der Waals surface area contributed by atoms with Gasteiger partial charge in [-0.1, -0.05) is 54.6 Å². The van der Waals surface area contributed by atoms with Crippen molar-refractivity contribution in [1.82, 2.24) is 0 Å². The summed E-state index contributed by atoms with van der Waals surface area (Å²) in [5.41, 5.74) is 2.93. The average molecular weight is 344 g/mol. The number of carbonyl (C=O) groups excluding carboxylic acids is 1. The van der Waals surface area contributed by atoms with Gasteiger partial charge in [0.2, 0.25) is 0 Å². The van der Waals surface area contributed by atoms with Crippen LogP contribution in [0.25, 0.3) is 10.8 Å². The van der Waals surface area contributed by atoms with Crippen molar-refractivity contribution in [3.8, 4) is 6.07 Å². The molecule has 3 rings (SSSR count). The Kier molecular flexibility index (Phi) is 5.62. The van der Waals surface area contributed by atoms with E-state index in [2.05, 4.69) is 48.6 Å². The smallest absolute Gasteiger partial charge is 0.279 e. The fourth-order valence-corrected chi connectivity index (χ4v) is 3.07. The summed E-state index contributed by atoms with van der Waals surface area (Å²) in [5, 5.41) is 16.1. The highest BCUT2D eigenvalue weighted by molar-refractivity contribution is 5.91. The Labute approximate surface area is 153 Å². The molecule has 0 spiro atoms. The molecule has 0 aromatic heterocycles. The summed E-state index contributed by atoms with van der Waals surface area (Å²) >= 11 is 0. The van der Waals surface area contributed by atoms with Gasteiger partial charge in [0.1, 0.15) is 6.04 Å². The highest BCUT2D eigenvalue weighted by Gasteiger charge is 2.14. The van der Waals surface area contributed by atoms with Crippen LogP contribution in [0.15, 0.2) is 66.7 Å². The molecule has 26 heavy (non-hydrogen) atoms. The molecule has 0 heterocycles. The van der Waals surface area contributed by atoms with E-state index in [9.17, 15) is 4.79 Å². The fraction of sp³-hybridized carbons (Fsp3) is 0.182. The van der Waals surface area contributed by atoms with Crippen molar-refractivity contribution < 1.29 is 10.1 Å². The molecule has 0 radical (unpaired) electrons. The molecular formula is C22H22N3O+. The van der Waals surface area contributed by atoms with Gasteiger partial charge in [0.15, 0.2) is 6.54 Å². The number of amides is 1. The summed E-state index contributed by atoms with van der Waals surface area (Å²) in [6.45, 7) is 2.47. The maximum absolute atomic E-state index is 12.2. The van der Waals surface area contributed by atoms with E-state index in [1.165, 1.54) is 16.3 Å². The number of hydrogen-bond acceptors (Lipinski definition) is 2. The van der Waals surface area contributed by atoms with Crippen LogP contribution in [0.3, 0.4) is 0 Å². The van der Waals surface area contributed by atoms with Crippen molar-refractivity contribution in [3.05, 3.63) is 77.9 Å². The molecule has 1 atom stereocenters. The van der Waals surface area contributed by atoms with Gasteiger partial charge in [0.05, 0.1) is 12.5 Å². The number of carbonyl (C=O) groups is 1. The summed E-state index contributed by atoms with van der Waals surface area (Å²) in [4.78, 5) is 12.2. The molecule has 4 heteroatoms. The summed E-state index contributed by atoms with van der Waals surface area (Å²) in [7, 11) is 0. The third-order valence-electron chi connectivity index (χ3n) is 4.49. The first-order valence-corrected chi connectivity index (χ1v) is 8.74. The first-order chi connectivity index (χ1) is 12.7. The van der Waals surface area contributed by atoms with Gasteiger partial charge in [-0.3, -0.25) is 4.79 Å². The third kappa shape index (κ3) is 4.27. The lowest BCUT2D eigenvalue weighted by molar-refractivity contribution is -0.682. The van der Waals surface area contributed by atoms with Gasteiger partial charge in [-0.05, 0) is 35.4 Å². The van der Waals surface area contributed by atoms with E-state index in [1.54, 1.807) is 0 Å². The third-order valence-corrected chi connectivity index (χ3v) is 4.49. The maximum atomic E-state index is 12.2. The topological polar surface area (TPSA) is 69.5 Å². The van der Waals surface area contributed by atoms with E-state index in [0.717, 1.165) is 11.3 Å². The van der Waals surface area contributed by atoms with Gasteiger partial charge in [-0.15, -0.1) is 0 Å². The summed E-state index contributed by atoms with van der Waals surface area (Å²) in [5.74, 6) is -0.0369. The van der Waals surface area contributed by atoms with Gasteiger partial charge in [-0.25, -0.2) is 0 Å². The Morgan fingerprint density at radius 2 is 1.81 bits per heavy atom. The monoisotopic (exact) mass is 344 g/mol. The minimum Gasteiger partial charge on any atom is -0.332 e. The molecule has 1 amide bonds. The first kappa shape index (κ1) is 17.7. The molecule has 0 aliphatic heterocycles. The van der Waals surface area contributed by atoms with Gasteiger partial charge in [0, 0.05) is 11.3 Å². The lowest BCUT2D eigenvalue weighted by atomic mass is 10.00. The SMILES string of the molecule is C[C@@H]([NH2+]CC(=O)Nc1ccc(CC#N)cc1)c1cccc2ccccc12. The van der Waals surface area contributed by atoms with E-state index in [-0.39, 0.29) is 11.9 Å². The van der Waals surface area contributed by atoms with Crippen molar-refractivity contribution in [3.63, 3.8) is 0 Å². The van der Waals surface area contributed by atoms with Crippen LogP contribution in [0.2, 0.25) is 0 Å². The van der Waals surface area contributed by atoms with Crippen molar-refractivity contribution in [1.29, 1.82) is 5.26 Å². The van der Waals surface area contributed by atoms with Crippen LogP contribution in [-0.4, -0.2) is 12.5 Å². The number of rotatable bonds is 6.